The first-order chi connectivity index (χ1) is 11.4. The zero-order valence-corrected chi connectivity index (χ0v) is 14.7. The quantitative estimate of drug-likeness (QED) is 0.850. The number of nitriles is 1. The van der Waals surface area contributed by atoms with Gasteiger partial charge in [-0.25, -0.2) is 0 Å². The number of carbonyl (C=O) groups is 1. The van der Waals surface area contributed by atoms with Crippen LogP contribution in [0, 0.1) is 11.3 Å². The first kappa shape index (κ1) is 18.1. The Bertz CT molecular complexity index is 770. The van der Waals surface area contributed by atoms with Crippen molar-refractivity contribution in [3.05, 3.63) is 63.6 Å². The van der Waals surface area contributed by atoms with E-state index in [0.717, 1.165) is 5.56 Å². The molecule has 2 aromatic carbocycles. The molecule has 1 amide bonds. The number of hydrogen-bond donors (Lipinski definition) is 1. The van der Waals surface area contributed by atoms with Gasteiger partial charge in [0.05, 0.1) is 17.7 Å². The zero-order valence-electron chi connectivity index (χ0n) is 13.2. The van der Waals surface area contributed by atoms with Gasteiger partial charge >= 0.3 is 0 Å². The number of nitrogens with zero attached hydrogens (tertiary/aromatic N) is 1. The van der Waals surface area contributed by atoms with Gasteiger partial charge in [-0.1, -0.05) is 29.3 Å². The van der Waals surface area contributed by atoms with Crippen LogP contribution in [0.25, 0.3) is 0 Å². The highest BCUT2D eigenvalue weighted by Gasteiger charge is 2.19. The van der Waals surface area contributed by atoms with Crippen molar-refractivity contribution in [3.63, 3.8) is 0 Å². The standard InChI is InChI=1S/C18H16Cl2N2O2/c1-11(16-8-5-14(19)9-17(16)20)22-18(23)12(2)24-15-6-3-13(10-21)4-7-15/h3-9,11-12H,1-2H3,(H,22,23). The minimum Gasteiger partial charge on any atom is -0.481 e. The lowest BCUT2D eigenvalue weighted by molar-refractivity contribution is -0.127. The summed E-state index contributed by atoms with van der Waals surface area (Å²) in [6.07, 6.45) is -0.688. The summed E-state index contributed by atoms with van der Waals surface area (Å²) in [5, 5.41) is 12.7. The predicted octanol–water partition coefficient (Wildman–Crippen LogP) is 4.51. The minimum absolute atomic E-state index is 0.266. The van der Waals surface area contributed by atoms with E-state index in [4.69, 9.17) is 33.2 Å². The molecule has 2 unspecified atom stereocenters. The van der Waals surface area contributed by atoms with Crippen LogP contribution in [0.3, 0.4) is 0 Å². The molecular formula is C18H16Cl2N2O2. The van der Waals surface area contributed by atoms with Crippen LogP contribution in [0.15, 0.2) is 42.5 Å². The number of halogens is 2. The second-order valence-corrected chi connectivity index (χ2v) is 6.14. The molecule has 6 heteroatoms. The average molecular weight is 363 g/mol. The summed E-state index contributed by atoms with van der Waals surface area (Å²) < 4.78 is 5.59. The number of benzene rings is 2. The maximum Gasteiger partial charge on any atom is 0.261 e. The van der Waals surface area contributed by atoms with Crippen molar-refractivity contribution in [2.75, 3.05) is 0 Å². The van der Waals surface area contributed by atoms with E-state index >= 15 is 0 Å². The van der Waals surface area contributed by atoms with E-state index in [1.807, 2.05) is 13.0 Å². The molecule has 0 aliphatic carbocycles. The lowest BCUT2D eigenvalue weighted by atomic mass is 10.1. The van der Waals surface area contributed by atoms with Crippen molar-refractivity contribution in [1.82, 2.24) is 5.32 Å². The fourth-order valence-corrected chi connectivity index (χ4v) is 2.70. The van der Waals surface area contributed by atoms with E-state index in [0.29, 0.717) is 21.4 Å². The summed E-state index contributed by atoms with van der Waals surface area (Å²) in [7, 11) is 0. The van der Waals surface area contributed by atoms with Gasteiger partial charge in [-0.2, -0.15) is 5.26 Å². The van der Waals surface area contributed by atoms with Gasteiger partial charge in [0.15, 0.2) is 6.10 Å². The number of nitrogens with one attached hydrogen (secondary N) is 1. The second-order valence-electron chi connectivity index (χ2n) is 5.29. The van der Waals surface area contributed by atoms with Crippen LogP contribution < -0.4 is 10.1 Å². The fourth-order valence-electron chi connectivity index (χ4n) is 2.13. The molecule has 124 valence electrons. The van der Waals surface area contributed by atoms with Gasteiger partial charge in [-0.3, -0.25) is 4.79 Å². The van der Waals surface area contributed by atoms with Crippen LogP contribution in [0.5, 0.6) is 5.75 Å². The summed E-state index contributed by atoms with van der Waals surface area (Å²) in [5.41, 5.74) is 1.31. The number of ether oxygens (including phenoxy) is 1. The smallest absolute Gasteiger partial charge is 0.261 e. The molecule has 0 radical (unpaired) electrons. The molecule has 0 bridgehead atoms. The minimum atomic E-state index is -0.688. The van der Waals surface area contributed by atoms with Crippen LogP contribution in [-0.4, -0.2) is 12.0 Å². The molecule has 0 spiro atoms. The summed E-state index contributed by atoms with van der Waals surface area (Å²) in [4.78, 5) is 12.3. The van der Waals surface area contributed by atoms with Crippen molar-refractivity contribution in [2.24, 2.45) is 0 Å². The van der Waals surface area contributed by atoms with Crippen molar-refractivity contribution >= 4 is 29.1 Å². The van der Waals surface area contributed by atoms with Gasteiger partial charge in [0.25, 0.3) is 5.91 Å². The molecule has 0 aliphatic rings. The zero-order chi connectivity index (χ0) is 17.7. The molecule has 2 atom stereocenters. The van der Waals surface area contributed by atoms with Gasteiger partial charge in [0, 0.05) is 10.0 Å². The molecule has 0 saturated heterocycles. The van der Waals surface area contributed by atoms with Crippen LogP contribution in [0.4, 0.5) is 0 Å². The largest absolute Gasteiger partial charge is 0.481 e. The second kappa shape index (κ2) is 8.05. The Morgan fingerprint density at radius 3 is 2.42 bits per heavy atom. The maximum absolute atomic E-state index is 12.3. The number of amides is 1. The van der Waals surface area contributed by atoms with Gasteiger partial charge in [0.2, 0.25) is 0 Å². The SMILES string of the molecule is CC(Oc1ccc(C#N)cc1)C(=O)NC(C)c1ccc(Cl)cc1Cl. The highest BCUT2D eigenvalue weighted by molar-refractivity contribution is 6.35. The monoisotopic (exact) mass is 362 g/mol. The summed E-state index contributed by atoms with van der Waals surface area (Å²) in [6.45, 7) is 3.49. The predicted molar refractivity (Wildman–Crippen MR) is 94.3 cm³/mol. The number of rotatable bonds is 5. The van der Waals surface area contributed by atoms with Crippen molar-refractivity contribution in [1.29, 1.82) is 5.26 Å². The molecule has 2 aromatic rings. The normalized spacial score (nSPS) is 12.8. The molecular weight excluding hydrogens is 347 g/mol. The summed E-state index contributed by atoms with van der Waals surface area (Å²) >= 11 is 12.0. The van der Waals surface area contributed by atoms with E-state index < -0.39 is 6.10 Å². The van der Waals surface area contributed by atoms with Crippen molar-refractivity contribution in [3.8, 4) is 11.8 Å². The van der Waals surface area contributed by atoms with Crippen molar-refractivity contribution in [2.45, 2.75) is 26.0 Å². The molecule has 1 N–H and O–H groups in total. The van der Waals surface area contributed by atoms with Crippen molar-refractivity contribution < 1.29 is 9.53 Å². The Balaban J connectivity index is 1.98. The summed E-state index contributed by atoms with van der Waals surface area (Å²) in [5.74, 6) is 0.256. The third kappa shape index (κ3) is 4.64. The molecule has 0 fully saturated rings. The van der Waals surface area contributed by atoms with Crippen LogP contribution in [0.2, 0.25) is 10.0 Å². The van der Waals surface area contributed by atoms with Gasteiger partial charge < -0.3 is 10.1 Å². The number of hydrogen-bond acceptors (Lipinski definition) is 3. The fraction of sp³-hybridized carbons (Fsp3) is 0.222. The maximum atomic E-state index is 12.3. The third-order valence-electron chi connectivity index (χ3n) is 3.45. The van der Waals surface area contributed by atoms with E-state index in [2.05, 4.69) is 5.32 Å². The van der Waals surface area contributed by atoms with Gasteiger partial charge in [-0.15, -0.1) is 0 Å². The topological polar surface area (TPSA) is 62.1 Å². The Kier molecular flexibility index (Phi) is 6.08. The van der Waals surface area contributed by atoms with Gasteiger partial charge in [0.1, 0.15) is 5.75 Å². The average Bonchev–Trinajstić information content (AvgIpc) is 2.55. The molecule has 0 aliphatic heterocycles. The first-order valence-electron chi connectivity index (χ1n) is 7.33. The van der Waals surface area contributed by atoms with Crippen LogP contribution >= 0.6 is 23.2 Å². The van der Waals surface area contributed by atoms with Crippen LogP contribution in [-0.2, 0) is 4.79 Å². The van der Waals surface area contributed by atoms with E-state index in [1.165, 1.54) is 0 Å². The third-order valence-corrected chi connectivity index (χ3v) is 4.02. The molecule has 24 heavy (non-hydrogen) atoms. The Hall–Kier alpha value is -2.22. The lowest BCUT2D eigenvalue weighted by Crippen LogP contribution is -2.37. The molecule has 0 saturated carbocycles. The van der Waals surface area contributed by atoms with Gasteiger partial charge in [-0.05, 0) is 55.8 Å². The number of carbonyl (C=O) groups excluding carboxylic acids is 1. The molecule has 0 aromatic heterocycles. The van der Waals surface area contributed by atoms with Crippen LogP contribution in [0.1, 0.15) is 31.0 Å². The Morgan fingerprint density at radius 2 is 1.83 bits per heavy atom. The van der Waals surface area contributed by atoms with E-state index in [-0.39, 0.29) is 11.9 Å². The Labute approximate surface area is 151 Å². The first-order valence-corrected chi connectivity index (χ1v) is 8.08. The highest BCUT2D eigenvalue weighted by atomic mass is 35.5. The molecule has 0 heterocycles. The lowest BCUT2D eigenvalue weighted by Gasteiger charge is -2.20. The summed E-state index contributed by atoms with van der Waals surface area (Å²) in [6, 6.07) is 13.5. The molecule has 2 rings (SSSR count). The Morgan fingerprint density at radius 1 is 1.17 bits per heavy atom. The van der Waals surface area contributed by atoms with E-state index in [1.54, 1.807) is 49.4 Å². The highest BCUT2D eigenvalue weighted by Crippen LogP contribution is 2.26. The molecule has 4 nitrogen and oxygen atoms in total. The van der Waals surface area contributed by atoms with E-state index in [9.17, 15) is 4.79 Å².